The van der Waals surface area contributed by atoms with E-state index in [9.17, 15) is 14.9 Å². The fourth-order valence-electron chi connectivity index (χ4n) is 2.25. The lowest BCUT2D eigenvalue weighted by Crippen LogP contribution is -2.19. The third-order valence-corrected chi connectivity index (χ3v) is 3.64. The van der Waals surface area contributed by atoms with Crippen LogP contribution >= 0.6 is 0 Å². The lowest BCUT2D eigenvalue weighted by Gasteiger charge is -2.09. The maximum atomic E-state index is 12.2. The predicted molar refractivity (Wildman–Crippen MR) is 99.7 cm³/mol. The fourth-order valence-corrected chi connectivity index (χ4v) is 2.25. The number of rotatable bonds is 6. The lowest BCUT2D eigenvalue weighted by molar-refractivity contribution is -0.385. The van der Waals surface area contributed by atoms with E-state index in [1.165, 1.54) is 6.07 Å². The molecule has 0 fully saturated rings. The van der Waals surface area contributed by atoms with Crippen molar-refractivity contribution < 1.29 is 14.5 Å². The van der Waals surface area contributed by atoms with Crippen molar-refractivity contribution >= 4 is 17.3 Å². The number of amides is 1. The first-order valence-electron chi connectivity index (χ1n) is 8.14. The van der Waals surface area contributed by atoms with Crippen LogP contribution in [0, 0.1) is 17.0 Å². The van der Waals surface area contributed by atoms with Gasteiger partial charge in [-0.25, -0.2) is 5.43 Å². The van der Waals surface area contributed by atoms with Crippen LogP contribution in [0.2, 0.25) is 0 Å². The number of hydrogen-bond acceptors (Lipinski definition) is 5. The Balaban J connectivity index is 2.09. The maximum Gasteiger partial charge on any atom is 0.272 e. The van der Waals surface area contributed by atoms with Crippen LogP contribution in [0.15, 0.2) is 47.6 Å². The number of ether oxygens (including phenoxy) is 1. The number of nitro groups is 1. The van der Waals surface area contributed by atoms with Crippen LogP contribution in [0.4, 0.5) is 5.69 Å². The minimum absolute atomic E-state index is 0.0177. The molecule has 0 spiro atoms. The number of carbonyl (C=O) groups is 1. The summed E-state index contributed by atoms with van der Waals surface area (Å²) in [5.74, 6) is 0.310. The highest BCUT2D eigenvalue weighted by atomic mass is 16.6. The van der Waals surface area contributed by atoms with Crippen LogP contribution in [0.1, 0.15) is 42.3 Å². The van der Waals surface area contributed by atoms with Gasteiger partial charge in [-0.1, -0.05) is 12.1 Å². The minimum atomic E-state index is -0.439. The summed E-state index contributed by atoms with van der Waals surface area (Å²) in [5.41, 5.74) is 4.53. The van der Waals surface area contributed by atoms with E-state index in [0.717, 1.165) is 0 Å². The molecule has 0 aromatic heterocycles. The number of carbonyl (C=O) groups excluding carboxylic acids is 1. The normalized spacial score (nSPS) is 11.3. The van der Waals surface area contributed by atoms with Crippen molar-refractivity contribution in [2.45, 2.75) is 33.8 Å². The number of hydrazone groups is 1. The summed E-state index contributed by atoms with van der Waals surface area (Å²) in [5, 5.41) is 15.1. The SMILES string of the molecule is C/C(=N/NC(=O)c1ccc(OC(C)C)cc1)c1ccc(C)c([N+](=O)[O-])c1. The molecule has 0 saturated heterocycles. The largest absolute Gasteiger partial charge is 0.491 e. The highest BCUT2D eigenvalue weighted by molar-refractivity contribution is 6.01. The van der Waals surface area contributed by atoms with Crippen molar-refractivity contribution in [2.24, 2.45) is 5.10 Å². The van der Waals surface area contributed by atoms with Gasteiger partial charge in [-0.15, -0.1) is 0 Å². The molecule has 136 valence electrons. The molecule has 7 nitrogen and oxygen atoms in total. The molecule has 1 N–H and O–H groups in total. The standard InChI is InChI=1S/C19H21N3O4/c1-12(2)26-17-9-7-15(8-10-17)19(23)21-20-14(4)16-6-5-13(3)18(11-16)22(24)25/h5-12H,1-4H3,(H,21,23)/b20-14-. The van der Waals surface area contributed by atoms with Gasteiger partial charge in [-0.2, -0.15) is 5.10 Å². The summed E-state index contributed by atoms with van der Waals surface area (Å²) in [6, 6.07) is 11.6. The third-order valence-electron chi connectivity index (χ3n) is 3.64. The molecule has 2 rings (SSSR count). The van der Waals surface area contributed by atoms with Crippen molar-refractivity contribution in [1.29, 1.82) is 0 Å². The van der Waals surface area contributed by atoms with E-state index in [4.69, 9.17) is 4.74 Å². The lowest BCUT2D eigenvalue weighted by atomic mass is 10.1. The van der Waals surface area contributed by atoms with Crippen LogP contribution in [-0.4, -0.2) is 22.6 Å². The molecule has 0 radical (unpaired) electrons. The fraction of sp³-hybridized carbons (Fsp3) is 0.263. The quantitative estimate of drug-likeness (QED) is 0.484. The maximum absolute atomic E-state index is 12.2. The van der Waals surface area contributed by atoms with Gasteiger partial charge in [0.25, 0.3) is 11.6 Å². The Morgan fingerprint density at radius 2 is 1.77 bits per heavy atom. The second kappa shape index (κ2) is 8.24. The summed E-state index contributed by atoms with van der Waals surface area (Å²) in [6.07, 6.45) is 0.0560. The number of nitro benzene ring substituents is 1. The van der Waals surface area contributed by atoms with E-state index < -0.39 is 4.92 Å². The number of aryl methyl sites for hydroxylation is 1. The first-order valence-corrected chi connectivity index (χ1v) is 8.14. The van der Waals surface area contributed by atoms with Crippen molar-refractivity contribution in [3.8, 4) is 5.75 Å². The summed E-state index contributed by atoms with van der Waals surface area (Å²) in [6.45, 7) is 7.19. The molecule has 2 aromatic carbocycles. The molecule has 0 atom stereocenters. The Morgan fingerprint density at radius 1 is 1.15 bits per heavy atom. The van der Waals surface area contributed by atoms with Gasteiger partial charge >= 0.3 is 0 Å². The van der Waals surface area contributed by atoms with Gasteiger partial charge in [-0.3, -0.25) is 14.9 Å². The molecule has 0 saturated carbocycles. The Bertz CT molecular complexity index is 842. The smallest absolute Gasteiger partial charge is 0.272 e. The van der Waals surface area contributed by atoms with E-state index in [-0.39, 0.29) is 17.7 Å². The van der Waals surface area contributed by atoms with Crippen molar-refractivity contribution in [2.75, 3.05) is 0 Å². The average molecular weight is 355 g/mol. The molecule has 0 bridgehead atoms. The minimum Gasteiger partial charge on any atom is -0.491 e. The second-order valence-electron chi connectivity index (χ2n) is 6.09. The monoisotopic (exact) mass is 355 g/mol. The zero-order valence-corrected chi connectivity index (χ0v) is 15.1. The topological polar surface area (TPSA) is 93.8 Å². The van der Waals surface area contributed by atoms with Crippen LogP contribution in [0.5, 0.6) is 5.75 Å². The highest BCUT2D eigenvalue weighted by Crippen LogP contribution is 2.19. The number of nitrogens with zero attached hydrogens (tertiary/aromatic N) is 2. The molecule has 0 heterocycles. The average Bonchev–Trinajstić information content (AvgIpc) is 2.59. The highest BCUT2D eigenvalue weighted by Gasteiger charge is 2.12. The Morgan fingerprint density at radius 3 is 2.35 bits per heavy atom. The number of benzene rings is 2. The molecule has 0 aliphatic rings. The molecular weight excluding hydrogens is 334 g/mol. The second-order valence-corrected chi connectivity index (χ2v) is 6.09. The summed E-state index contributed by atoms with van der Waals surface area (Å²) in [7, 11) is 0. The molecule has 7 heteroatoms. The molecule has 1 amide bonds. The zero-order valence-electron chi connectivity index (χ0n) is 15.1. The van der Waals surface area contributed by atoms with Crippen LogP contribution in [-0.2, 0) is 0 Å². The van der Waals surface area contributed by atoms with Gasteiger partial charge in [0.2, 0.25) is 0 Å². The van der Waals surface area contributed by atoms with Crippen LogP contribution < -0.4 is 10.2 Å². The molecular formula is C19H21N3O4. The van der Waals surface area contributed by atoms with Crippen molar-refractivity contribution in [3.05, 3.63) is 69.3 Å². The molecule has 0 aliphatic carbocycles. The molecule has 0 aliphatic heterocycles. The number of nitrogens with one attached hydrogen (secondary N) is 1. The van der Waals surface area contributed by atoms with E-state index in [2.05, 4.69) is 10.5 Å². The first kappa shape index (κ1) is 19.1. The number of hydrogen-bond donors (Lipinski definition) is 1. The summed E-state index contributed by atoms with van der Waals surface area (Å²) >= 11 is 0. The molecule has 2 aromatic rings. The van der Waals surface area contributed by atoms with E-state index in [1.54, 1.807) is 50.2 Å². The van der Waals surface area contributed by atoms with Gasteiger partial charge in [0.15, 0.2) is 0 Å². The molecule has 0 unspecified atom stereocenters. The van der Waals surface area contributed by atoms with Crippen molar-refractivity contribution in [1.82, 2.24) is 5.43 Å². The summed E-state index contributed by atoms with van der Waals surface area (Å²) < 4.78 is 5.53. The van der Waals surface area contributed by atoms with Crippen molar-refractivity contribution in [3.63, 3.8) is 0 Å². The van der Waals surface area contributed by atoms with Gasteiger partial charge in [0.1, 0.15) is 5.75 Å². The zero-order chi connectivity index (χ0) is 19.3. The Kier molecular flexibility index (Phi) is 6.06. The van der Waals surface area contributed by atoms with E-state index in [0.29, 0.717) is 28.2 Å². The third kappa shape index (κ3) is 4.89. The summed E-state index contributed by atoms with van der Waals surface area (Å²) in [4.78, 5) is 22.8. The van der Waals surface area contributed by atoms with Gasteiger partial charge < -0.3 is 4.74 Å². The van der Waals surface area contributed by atoms with Gasteiger partial charge in [0, 0.05) is 22.8 Å². The molecule has 26 heavy (non-hydrogen) atoms. The first-order chi connectivity index (χ1) is 12.3. The predicted octanol–water partition coefficient (Wildman–Crippen LogP) is 3.84. The Hall–Kier alpha value is -3.22. The van der Waals surface area contributed by atoms with Crippen LogP contribution in [0.3, 0.4) is 0 Å². The van der Waals surface area contributed by atoms with E-state index >= 15 is 0 Å². The van der Waals surface area contributed by atoms with Gasteiger partial charge in [0.05, 0.1) is 16.7 Å². The van der Waals surface area contributed by atoms with Crippen LogP contribution in [0.25, 0.3) is 0 Å². The van der Waals surface area contributed by atoms with E-state index in [1.807, 2.05) is 13.8 Å². The van der Waals surface area contributed by atoms with Gasteiger partial charge in [-0.05, 0) is 52.0 Å². The Labute approximate surface area is 151 Å².